The third-order valence-corrected chi connectivity index (χ3v) is 5.23. The minimum absolute atomic E-state index is 0.630. The Balaban J connectivity index is 1.81. The van der Waals surface area contributed by atoms with E-state index in [0.717, 1.165) is 38.4 Å². The van der Waals surface area contributed by atoms with E-state index in [2.05, 4.69) is 45.3 Å². The number of halogens is 2. The average molecular weight is 416 g/mol. The quantitative estimate of drug-likeness (QED) is 0.438. The summed E-state index contributed by atoms with van der Waals surface area (Å²) in [6.45, 7) is 0.630. The number of aromatic nitrogens is 4. The van der Waals surface area contributed by atoms with Crippen molar-refractivity contribution >= 4 is 38.4 Å². The van der Waals surface area contributed by atoms with E-state index >= 15 is 0 Å². The minimum atomic E-state index is 0.630. The second-order valence-electron chi connectivity index (χ2n) is 5.95. The van der Waals surface area contributed by atoms with Crippen LogP contribution in [-0.4, -0.2) is 19.6 Å². The van der Waals surface area contributed by atoms with Crippen molar-refractivity contribution in [2.24, 2.45) is 7.05 Å². The number of hydrogen-bond donors (Lipinski definition) is 0. The molecule has 0 aliphatic heterocycles. The summed E-state index contributed by atoms with van der Waals surface area (Å²) in [4.78, 5) is 0. The summed E-state index contributed by atoms with van der Waals surface area (Å²) in [5.41, 5.74) is 5.33. The summed E-state index contributed by atoms with van der Waals surface area (Å²) in [6.07, 6.45) is 1.88. The predicted molar refractivity (Wildman–Crippen MR) is 105 cm³/mol. The van der Waals surface area contributed by atoms with E-state index in [4.69, 9.17) is 16.7 Å². The first-order chi connectivity index (χ1) is 12.2. The highest BCUT2D eigenvalue weighted by atomic mass is 79.9. The van der Waals surface area contributed by atoms with Gasteiger partial charge in [-0.2, -0.15) is 10.2 Å². The molecule has 4 aromatic rings. The number of hydrogen-bond acceptors (Lipinski definition) is 2. The van der Waals surface area contributed by atoms with Crippen molar-refractivity contribution in [3.05, 3.63) is 71.0 Å². The number of rotatable bonds is 4. The van der Waals surface area contributed by atoms with Crippen LogP contribution in [0.4, 0.5) is 0 Å². The van der Waals surface area contributed by atoms with Gasteiger partial charge < -0.3 is 0 Å². The molecule has 4 nitrogen and oxygen atoms in total. The maximum atomic E-state index is 6.34. The van der Waals surface area contributed by atoms with Gasteiger partial charge in [0.2, 0.25) is 0 Å². The van der Waals surface area contributed by atoms with Crippen molar-refractivity contribution in [3.63, 3.8) is 0 Å². The summed E-state index contributed by atoms with van der Waals surface area (Å²) in [7, 11) is 1.96. The summed E-state index contributed by atoms with van der Waals surface area (Å²) in [5.74, 6) is 0. The smallest absolute Gasteiger partial charge is 0.0736 e. The van der Waals surface area contributed by atoms with Gasteiger partial charge in [0.25, 0.3) is 0 Å². The fourth-order valence-electron chi connectivity index (χ4n) is 2.98. The number of benzene rings is 2. The van der Waals surface area contributed by atoms with Crippen LogP contribution in [0.3, 0.4) is 0 Å². The Morgan fingerprint density at radius 2 is 1.96 bits per heavy atom. The minimum Gasteiger partial charge on any atom is -0.268 e. The molecule has 0 atom stereocenters. The highest BCUT2D eigenvalue weighted by Crippen LogP contribution is 2.27. The van der Waals surface area contributed by atoms with Crippen molar-refractivity contribution in [1.29, 1.82) is 0 Å². The summed E-state index contributed by atoms with van der Waals surface area (Å²) < 4.78 is 3.90. The van der Waals surface area contributed by atoms with Gasteiger partial charge in [-0.3, -0.25) is 9.36 Å². The van der Waals surface area contributed by atoms with Gasteiger partial charge in [0.05, 0.1) is 29.6 Å². The van der Waals surface area contributed by atoms with Gasteiger partial charge in [-0.15, -0.1) is 0 Å². The van der Waals surface area contributed by atoms with Crippen LogP contribution < -0.4 is 0 Å². The van der Waals surface area contributed by atoms with E-state index in [-0.39, 0.29) is 0 Å². The second-order valence-corrected chi connectivity index (χ2v) is 6.91. The SMILES string of the molecule is Cn1ncc2ccc(-c3cc(CBr)nn3Cc3ccccc3Cl)cc21. The van der Waals surface area contributed by atoms with Crippen LogP contribution in [0, 0.1) is 0 Å². The summed E-state index contributed by atoms with van der Waals surface area (Å²) in [5, 5.41) is 11.6. The molecule has 2 heterocycles. The van der Waals surface area contributed by atoms with Gasteiger partial charge in [-0.25, -0.2) is 0 Å². The van der Waals surface area contributed by atoms with Gasteiger partial charge in [-0.1, -0.05) is 57.9 Å². The molecule has 25 heavy (non-hydrogen) atoms. The van der Waals surface area contributed by atoms with Crippen LogP contribution in [0.25, 0.3) is 22.2 Å². The van der Waals surface area contributed by atoms with Gasteiger partial charge in [0.1, 0.15) is 0 Å². The van der Waals surface area contributed by atoms with E-state index in [1.165, 1.54) is 0 Å². The standard InChI is InChI=1S/C19H16BrClN4/c1-24-18-8-13(6-7-14(18)11-22-24)19-9-16(10-20)23-25(19)12-15-4-2-3-5-17(15)21/h2-9,11H,10,12H2,1H3. The van der Waals surface area contributed by atoms with Gasteiger partial charge in [-0.05, 0) is 23.8 Å². The first kappa shape index (κ1) is 16.4. The molecule has 0 saturated heterocycles. The highest BCUT2D eigenvalue weighted by molar-refractivity contribution is 9.08. The molecule has 0 unspecified atom stereocenters. The van der Waals surface area contributed by atoms with Crippen LogP contribution in [0.1, 0.15) is 11.3 Å². The van der Waals surface area contributed by atoms with Gasteiger partial charge in [0.15, 0.2) is 0 Å². The third-order valence-electron chi connectivity index (χ3n) is 4.29. The number of nitrogens with zero attached hydrogens (tertiary/aromatic N) is 4. The van der Waals surface area contributed by atoms with Crippen molar-refractivity contribution in [1.82, 2.24) is 19.6 Å². The zero-order valence-electron chi connectivity index (χ0n) is 13.7. The average Bonchev–Trinajstić information content (AvgIpc) is 3.20. The zero-order valence-corrected chi connectivity index (χ0v) is 16.0. The first-order valence-corrected chi connectivity index (χ1v) is 9.44. The summed E-state index contributed by atoms with van der Waals surface area (Å²) in [6, 6.07) is 16.4. The molecule has 0 N–H and O–H groups in total. The lowest BCUT2D eigenvalue weighted by Gasteiger charge is -2.09. The molecular formula is C19H16BrClN4. The van der Waals surface area contributed by atoms with Crippen LogP contribution >= 0.6 is 27.5 Å². The maximum absolute atomic E-state index is 6.34. The van der Waals surface area contributed by atoms with E-state index in [1.54, 1.807) is 0 Å². The van der Waals surface area contributed by atoms with Crippen molar-refractivity contribution < 1.29 is 0 Å². The Labute approximate surface area is 159 Å². The lowest BCUT2D eigenvalue weighted by Crippen LogP contribution is -2.04. The number of alkyl halides is 1. The normalized spacial score (nSPS) is 11.3. The van der Waals surface area contributed by atoms with E-state index < -0.39 is 0 Å². The molecule has 126 valence electrons. The van der Waals surface area contributed by atoms with Crippen LogP contribution in [-0.2, 0) is 18.9 Å². The molecule has 0 saturated carbocycles. The van der Waals surface area contributed by atoms with Crippen molar-refractivity contribution in [3.8, 4) is 11.3 Å². The van der Waals surface area contributed by atoms with Gasteiger partial charge in [0, 0.05) is 28.4 Å². The number of aryl methyl sites for hydroxylation is 1. The fraction of sp³-hybridized carbons (Fsp3) is 0.158. The first-order valence-electron chi connectivity index (χ1n) is 7.94. The van der Waals surface area contributed by atoms with E-state index in [9.17, 15) is 0 Å². The molecular weight excluding hydrogens is 400 g/mol. The molecule has 0 aliphatic rings. The molecule has 2 aromatic carbocycles. The fourth-order valence-corrected chi connectivity index (χ4v) is 3.45. The molecule has 0 bridgehead atoms. The maximum Gasteiger partial charge on any atom is 0.0736 e. The molecule has 0 aliphatic carbocycles. The van der Waals surface area contributed by atoms with Crippen LogP contribution in [0.2, 0.25) is 5.02 Å². The van der Waals surface area contributed by atoms with Crippen molar-refractivity contribution in [2.45, 2.75) is 11.9 Å². The third kappa shape index (κ3) is 3.10. The topological polar surface area (TPSA) is 35.6 Å². The molecule has 0 spiro atoms. The lowest BCUT2D eigenvalue weighted by molar-refractivity contribution is 0.686. The monoisotopic (exact) mass is 414 g/mol. The predicted octanol–water partition coefficient (Wildman–Crippen LogP) is 5.03. The molecule has 6 heteroatoms. The molecule has 0 amide bonds. The Hall–Kier alpha value is -2.11. The summed E-state index contributed by atoms with van der Waals surface area (Å²) >= 11 is 9.84. The molecule has 4 rings (SSSR count). The second kappa shape index (κ2) is 6.65. The molecule has 0 fully saturated rings. The molecule has 2 aromatic heterocycles. The molecule has 0 radical (unpaired) electrons. The van der Waals surface area contributed by atoms with Crippen molar-refractivity contribution in [2.75, 3.05) is 0 Å². The number of fused-ring (bicyclic) bond motifs is 1. The van der Waals surface area contributed by atoms with E-state index in [1.807, 2.05) is 46.9 Å². The Bertz CT molecular complexity index is 1050. The van der Waals surface area contributed by atoms with E-state index in [0.29, 0.717) is 11.9 Å². The van der Waals surface area contributed by atoms with Crippen LogP contribution in [0.15, 0.2) is 54.7 Å². The zero-order chi connectivity index (χ0) is 17.4. The Kier molecular flexibility index (Phi) is 4.36. The largest absolute Gasteiger partial charge is 0.268 e. The Morgan fingerprint density at radius 1 is 1.12 bits per heavy atom. The van der Waals surface area contributed by atoms with Gasteiger partial charge >= 0.3 is 0 Å². The lowest BCUT2D eigenvalue weighted by atomic mass is 10.1. The van der Waals surface area contributed by atoms with Crippen LogP contribution in [0.5, 0.6) is 0 Å². The highest BCUT2D eigenvalue weighted by Gasteiger charge is 2.13. The Morgan fingerprint density at radius 3 is 2.76 bits per heavy atom.